The van der Waals surface area contributed by atoms with Crippen LogP contribution in [0, 0.1) is 10.7 Å². The first-order valence-corrected chi connectivity index (χ1v) is 8.38. The molecule has 0 aromatic rings. The van der Waals surface area contributed by atoms with Crippen molar-refractivity contribution in [3.8, 4) is 5.40 Å². The maximum atomic E-state index is 11.5. The Balaban J connectivity index is 3.24. The third-order valence-electron chi connectivity index (χ3n) is 3.12. The highest BCUT2D eigenvalue weighted by atomic mass is 32.2. The molecule has 0 spiro atoms. The van der Waals surface area contributed by atoms with Gasteiger partial charge in [0.15, 0.2) is 12.2 Å². The molecular weight excluding hydrogens is 370 g/mol. The van der Waals surface area contributed by atoms with Gasteiger partial charge in [-0.25, -0.2) is 0 Å². The number of hydrogen-bond acceptors (Lipinski definition) is 11. The summed E-state index contributed by atoms with van der Waals surface area (Å²) in [6.07, 6.45) is -4.70. The van der Waals surface area contributed by atoms with Crippen molar-refractivity contribution in [1.29, 1.82) is 5.26 Å². The van der Waals surface area contributed by atoms with Gasteiger partial charge in [-0.1, -0.05) is 0 Å². The van der Waals surface area contributed by atoms with Crippen LogP contribution in [0.4, 0.5) is 0 Å². The van der Waals surface area contributed by atoms with E-state index in [1.807, 2.05) is 5.40 Å². The summed E-state index contributed by atoms with van der Waals surface area (Å²) in [5.41, 5.74) is 0. The third kappa shape index (κ3) is 6.53. The Morgan fingerprint density at radius 1 is 0.923 bits per heavy atom. The smallest absolute Gasteiger partial charge is 0.304 e. The maximum Gasteiger partial charge on any atom is 0.304 e. The summed E-state index contributed by atoms with van der Waals surface area (Å²) >= 11 is 0.637. The molecule has 11 heteroatoms. The lowest BCUT2D eigenvalue weighted by atomic mass is 10.0. The lowest BCUT2D eigenvalue weighted by Gasteiger charge is -2.43. The first-order chi connectivity index (χ1) is 12.1. The van der Waals surface area contributed by atoms with Gasteiger partial charge >= 0.3 is 23.9 Å². The highest BCUT2D eigenvalue weighted by molar-refractivity contribution is 8.04. The molecule has 0 aromatic heterocycles. The molecular formula is C15H19NO9S. The van der Waals surface area contributed by atoms with Gasteiger partial charge in [0.1, 0.15) is 23.4 Å². The molecule has 0 aromatic carbocycles. The molecule has 144 valence electrons. The van der Waals surface area contributed by atoms with E-state index in [4.69, 9.17) is 28.9 Å². The molecule has 0 aliphatic carbocycles. The lowest BCUT2D eigenvalue weighted by Crippen LogP contribution is -2.61. The van der Waals surface area contributed by atoms with Gasteiger partial charge in [0, 0.05) is 27.7 Å². The van der Waals surface area contributed by atoms with Gasteiger partial charge in [0.05, 0.1) is 0 Å². The van der Waals surface area contributed by atoms with Gasteiger partial charge in [-0.3, -0.25) is 19.2 Å². The molecule has 1 heterocycles. The minimum atomic E-state index is -1.28. The van der Waals surface area contributed by atoms with Crippen molar-refractivity contribution in [2.45, 2.75) is 57.5 Å². The van der Waals surface area contributed by atoms with Crippen molar-refractivity contribution in [3.63, 3.8) is 0 Å². The zero-order valence-corrected chi connectivity index (χ0v) is 15.4. The van der Waals surface area contributed by atoms with Gasteiger partial charge in [-0.05, 0) is 11.8 Å². The summed E-state index contributed by atoms with van der Waals surface area (Å²) in [6, 6.07) is 0. The number of ether oxygens (including phenoxy) is 5. The Hall–Kier alpha value is -2.32. The Morgan fingerprint density at radius 2 is 1.46 bits per heavy atom. The quantitative estimate of drug-likeness (QED) is 0.352. The summed E-state index contributed by atoms with van der Waals surface area (Å²) in [7, 11) is 0. The van der Waals surface area contributed by atoms with Crippen LogP contribution in [0.25, 0.3) is 0 Å². The summed E-state index contributed by atoms with van der Waals surface area (Å²) in [5.74, 6) is -2.71. The standard InChI is InChI=1S/C15H19NO9S/c1-7(17)21-5-11-12(22-8(2)18)13(23-9(3)19)14(26-6-16)15(25-11)24-10(4)20/h11-15H,5H2,1-4H3/t11-,12-,13+,14+,15+/m1/s1. The summed E-state index contributed by atoms with van der Waals surface area (Å²) in [4.78, 5) is 45.4. The van der Waals surface area contributed by atoms with Crippen molar-refractivity contribution >= 4 is 35.6 Å². The first-order valence-electron chi connectivity index (χ1n) is 7.51. The first kappa shape index (κ1) is 21.7. The molecule has 1 aliphatic heterocycles. The normalized spacial score (nSPS) is 27.6. The predicted octanol–water partition coefficient (Wildman–Crippen LogP) is 0.284. The van der Waals surface area contributed by atoms with E-state index in [2.05, 4.69) is 0 Å². The maximum absolute atomic E-state index is 11.5. The largest absolute Gasteiger partial charge is 0.463 e. The minimum Gasteiger partial charge on any atom is -0.463 e. The number of nitriles is 1. The van der Waals surface area contributed by atoms with Crippen LogP contribution in [0.2, 0.25) is 0 Å². The molecule has 1 fully saturated rings. The van der Waals surface area contributed by atoms with E-state index >= 15 is 0 Å². The molecule has 1 saturated heterocycles. The van der Waals surface area contributed by atoms with Crippen LogP contribution in [-0.2, 0) is 42.9 Å². The SMILES string of the molecule is CC(=O)OC[C@H]1O[C@H](OC(C)=O)[C@@H](SC#N)[C@@H](OC(C)=O)[C@@H]1OC(C)=O. The zero-order valence-electron chi connectivity index (χ0n) is 14.6. The molecule has 10 nitrogen and oxygen atoms in total. The van der Waals surface area contributed by atoms with E-state index in [-0.39, 0.29) is 6.61 Å². The molecule has 0 amide bonds. The Morgan fingerprint density at radius 3 is 1.92 bits per heavy atom. The average molecular weight is 389 g/mol. The number of esters is 4. The molecule has 0 unspecified atom stereocenters. The van der Waals surface area contributed by atoms with Gasteiger partial charge in [-0.2, -0.15) is 5.26 Å². The lowest BCUT2D eigenvalue weighted by molar-refractivity contribution is -0.256. The number of carbonyl (C=O) groups is 4. The van der Waals surface area contributed by atoms with Crippen LogP contribution in [0.5, 0.6) is 0 Å². The van der Waals surface area contributed by atoms with Crippen LogP contribution in [0.15, 0.2) is 0 Å². The van der Waals surface area contributed by atoms with E-state index in [0.29, 0.717) is 11.8 Å². The summed E-state index contributed by atoms with van der Waals surface area (Å²) < 4.78 is 25.9. The molecule has 26 heavy (non-hydrogen) atoms. The van der Waals surface area contributed by atoms with Crippen molar-refractivity contribution < 1.29 is 42.9 Å². The van der Waals surface area contributed by atoms with E-state index in [1.165, 1.54) is 6.92 Å². The fourth-order valence-corrected chi connectivity index (χ4v) is 3.01. The zero-order chi connectivity index (χ0) is 19.9. The molecule has 0 N–H and O–H groups in total. The number of thiocyanates is 1. The second kappa shape index (κ2) is 9.98. The second-order valence-electron chi connectivity index (χ2n) is 5.28. The van der Waals surface area contributed by atoms with Crippen molar-refractivity contribution in [2.75, 3.05) is 6.61 Å². The van der Waals surface area contributed by atoms with Gasteiger partial charge in [0.25, 0.3) is 0 Å². The Bertz CT molecular complexity index is 602. The second-order valence-corrected chi connectivity index (χ2v) is 6.24. The Labute approximate surface area is 154 Å². The molecule has 1 rings (SSSR count). The average Bonchev–Trinajstić information content (AvgIpc) is 2.49. The fraction of sp³-hybridized carbons (Fsp3) is 0.667. The number of rotatable bonds is 6. The van der Waals surface area contributed by atoms with Crippen molar-refractivity contribution in [3.05, 3.63) is 0 Å². The summed E-state index contributed by atoms with van der Waals surface area (Å²) in [6.45, 7) is 4.24. The van der Waals surface area contributed by atoms with E-state index < -0.39 is 53.7 Å². The number of nitrogens with zero attached hydrogens (tertiary/aromatic N) is 1. The van der Waals surface area contributed by atoms with Gasteiger partial charge in [-0.15, -0.1) is 0 Å². The third-order valence-corrected chi connectivity index (χ3v) is 3.99. The number of thioether (sulfide) groups is 1. The van der Waals surface area contributed by atoms with Gasteiger partial charge < -0.3 is 23.7 Å². The highest BCUT2D eigenvalue weighted by Gasteiger charge is 2.52. The van der Waals surface area contributed by atoms with Crippen LogP contribution in [-0.4, -0.2) is 60.3 Å². The monoisotopic (exact) mass is 389 g/mol. The number of carbonyl (C=O) groups excluding carboxylic acids is 4. The van der Waals surface area contributed by atoms with Crippen LogP contribution in [0.3, 0.4) is 0 Å². The minimum absolute atomic E-state index is 0.341. The van der Waals surface area contributed by atoms with Gasteiger partial charge in [0.2, 0.25) is 6.29 Å². The Kier molecular flexibility index (Phi) is 8.34. The molecule has 5 atom stereocenters. The van der Waals surface area contributed by atoms with Crippen molar-refractivity contribution in [1.82, 2.24) is 0 Å². The number of hydrogen-bond donors (Lipinski definition) is 0. The molecule has 0 bridgehead atoms. The van der Waals surface area contributed by atoms with Crippen LogP contribution in [0.1, 0.15) is 27.7 Å². The molecule has 1 aliphatic rings. The highest BCUT2D eigenvalue weighted by Crippen LogP contribution is 2.34. The van der Waals surface area contributed by atoms with Crippen LogP contribution >= 0.6 is 11.8 Å². The van der Waals surface area contributed by atoms with Crippen LogP contribution < -0.4 is 0 Å². The summed E-state index contributed by atoms with van der Waals surface area (Å²) in [5, 5.41) is 9.86. The van der Waals surface area contributed by atoms with E-state index in [0.717, 1.165) is 20.8 Å². The topological polar surface area (TPSA) is 138 Å². The molecule has 0 saturated carbocycles. The van der Waals surface area contributed by atoms with E-state index in [9.17, 15) is 19.2 Å². The van der Waals surface area contributed by atoms with E-state index in [1.54, 1.807) is 0 Å². The fourth-order valence-electron chi connectivity index (χ4n) is 2.32. The van der Waals surface area contributed by atoms with Crippen molar-refractivity contribution in [2.24, 2.45) is 0 Å². The molecule has 0 radical (unpaired) electrons. The predicted molar refractivity (Wildman–Crippen MR) is 85.2 cm³/mol.